The molecule has 0 amide bonds. The molecular formula is C36H44N6O3S. The second kappa shape index (κ2) is 11.2. The minimum Gasteiger partial charge on any atom is -0.598 e. The Hall–Kier alpha value is -3.18. The van der Waals surface area contributed by atoms with Crippen LogP contribution in [0.5, 0.6) is 0 Å². The fourth-order valence-corrected chi connectivity index (χ4v) is 9.01. The number of aromatic nitrogens is 4. The topological polar surface area (TPSA) is 111 Å². The first kappa shape index (κ1) is 30.2. The SMILES string of the molecule is CC(C)(C)[S@@+]([O-])N[C@@H]1c2ccccc2CC12CCN(c1nc3c(c(C4(c5ccccc5)CC4)nn3C3CCCCO3)c(=O)[nH]1)CC2. The molecule has 1 unspecified atom stereocenters. The predicted molar refractivity (Wildman–Crippen MR) is 181 cm³/mol. The highest BCUT2D eigenvalue weighted by Gasteiger charge is 2.52. The molecule has 10 heteroatoms. The van der Waals surface area contributed by atoms with Crippen LogP contribution in [-0.2, 0) is 27.9 Å². The summed E-state index contributed by atoms with van der Waals surface area (Å²) in [6.45, 7) is 8.24. The van der Waals surface area contributed by atoms with E-state index >= 15 is 0 Å². The molecule has 4 aliphatic rings. The third kappa shape index (κ3) is 5.00. The molecule has 2 N–H and O–H groups in total. The lowest BCUT2D eigenvalue weighted by Gasteiger charge is -2.44. The van der Waals surface area contributed by atoms with Crippen LogP contribution in [-0.4, -0.2) is 48.7 Å². The Balaban J connectivity index is 1.13. The Kier molecular flexibility index (Phi) is 7.36. The quantitative estimate of drug-likeness (QED) is 0.255. The maximum atomic E-state index is 14.1. The first-order chi connectivity index (χ1) is 22.2. The second-order valence-electron chi connectivity index (χ2n) is 14.8. The minimum absolute atomic E-state index is 0.0144. The summed E-state index contributed by atoms with van der Waals surface area (Å²) in [6.07, 6.45) is 7.40. The van der Waals surface area contributed by atoms with Gasteiger partial charge in [0.05, 0.1) is 11.7 Å². The zero-order chi connectivity index (χ0) is 31.7. The van der Waals surface area contributed by atoms with Gasteiger partial charge in [-0.1, -0.05) is 54.6 Å². The second-order valence-corrected chi connectivity index (χ2v) is 16.8. The van der Waals surface area contributed by atoms with E-state index in [0.29, 0.717) is 23.6 Å². The Morgan fingerprint density at radius 2 is 1.76 bits per heavy atom. The Morgan fingerprint density at radius 1 is 1.02 bits per heavy atom. The van der Waals surface area contributed by atoms with Gasteiger partial charge in [0.2, 0.25) is 5.95 Å². The summed E-state index contributed by atoms with van der Waals surface area (Å²) in [4.78, 5) is 24.6. The lowest BCUT2D eigenvalue weighted by Crippen LogP contribution is -2.50. The van der Waals surface area contributed by atoms with Crippen LogP contribution in [0.25, 0.3) is 11.0 Å². The molecule has 1 spiro atoms. The number of aromatic amines is 1. The van der Waals surface area contributed by atoms with Crippen molar-refractivity contribution in [1.29, 1.82) is 0 Å². The monoisotopic (exact) mass is 640 g/mol. The summed E-state index contributed by atoms with van der Waals surface area (Å²) in [7, 11) is 0. The number of ether oxygens (including phenoxy) is 1. The van der Waals surface area contributed by atoms with Crippen molar-refractivity contribution in [2.45, 2.75) is 94.6 Å². The normalized spacial score (nSPS) is 24.3. The molecule has 242 valence electrons. The van der Waals surface area contributed by atoms with Crippen molar-refractivity contribution in [1.82, 2.24) is 24.5 Å². The smallest absolute Gasteiger partial charge is 0.263 e. The van der Waals surface area contributed by atoms with Crippen molar-refractivity contribution in [3.05, 3.63) is 87.3 Å². The van der Waals surface area contributed by atoms with E-state index in [1.807, 2.05) is 31.5 Å². The highest BCUT2D eigenvalue weighted by molar-refractivity contribution is 7.90. The molecule has 1 saturated carbocycles. The number of fused-ring (bicyclic) bond motifs is 2. The minimum atomic E-state index is -1.19. The molecule has 3 atom stereocenters. The summed E-state index contributed by atoms with van der Waals surface area (Å²) < 4.78 is 24.7. The van der Waals surface area contributed by atoms with E-state index in [9.17, 15) is 9.35 Å². The number of nitrogens with zero attached hydrogens (tertiary/aromatic N) is 4. The van der Waals surface area contributed by atoms with Gasteiger partial charge in [-0.25, -0.2) is 4.68 Å². The molecule has 0 bridgehead atoms. The van der Waals surface area contributed by atoms with E-state index in [2.05, 4.69) is 63.1 Å². The van der Waals surface area contributed by atoms with Crippen LogP contribution in [0.2, 0.25) is 0 Å². The number of anilines is 1. The molecule has 3 fully saturated rings. The van der Waals surface area contributed by atoms with Gasteiger partial charge in [0.1, 0.15) is 10.1 Å². The van der Waals surface area contributed by atoms with Crippen LogP contribution in [0.15, 0.2) is 59.4 Å². The van der Waals surface area contributed by atoms with Gasteiger partial charge >= 0.3 is 0 Å². The van der Waals surface area contributed by atoms with Crippen LogP contribution in [0.3, 0.4) is 0 Å². The molecule has 2 saturated heterocycles. The first-order valence-corrected chi connectivity index (χ1v) is 18.0. The van der Waals surface area contributed by atoms with E-state index in [1.54, 1.807) is 0 Å². The number of H-pyrrole nitrogens is 1. The standard InChI is InChI=1S/C36H44N6O3S/c1-34(2,3)46(44)40-29-26-14-8-7-11-24(26)23-35(29)18-20-41(21-19-35)33-37-31-28(32(43)38-33)30(39-42(31)27-15-9-10-22-45-27)36(16-17-36)25-12-5-4-6-13-25/h4-8,11-14,27,29,40H,9-10,15-23H2,1-3H3,(H,37,38,43)/t27?,29-,46-/m1/s1. The van der Waals surface area contributed by atoms with Gasteiger partial charge < -0.3 is 14.2 Å². The Morgan fingerprint density at radius 3 is 2.46 bits per heavy atom. The van der Waals surface area contributed by atoms with Crippen LogP contribution >= 0.6 is 0 Å². The van der Waals surface area contributed by atoms with E-state index in [1.165, 1.54) is 16.7 Å². The van der Waals surface area contributed by atoms with Gasteiger partial charge in [0.25, 0.3) is 5.56 Å². The van der Waals surface area contributed by atoms with E-state index in [0.717, 1.165) is 70.2 Å². The zero-order valence-corrected chi connectivity index (χ0v) is 27.9. The third-order valence-corrected chi connectivity index (χ3v) is 12.4. The largest absolute Gasteiger partial charge is 0.598 e. The van der Waals surface area contributed by atoms with Gasteiger partial charge in [-0.3, -0.25) is 9.78 Å². The van der Waals surface area contributed by atoms with Gasteiger partial charge in [-0.2, -0.15) is 10.1 Å². The lowest BCUT2D eigenvalue weighted by molar-refractivity contribution is -0.0372. The fraction of sp³-hybridized carbons (Fsp3) is 0.528. The van der Waals surface area contributed by atoms with Crippen LogP contribution < -0.4 is 15.2 Å². The molecule has 46 heavy (non-hydrogen) atoms. The molecule has 2 aliphatic heterocycles. The van der Waals surface area contributed by atoms with E-state index in [4.69, 9.17) is 14.8 Å². The number of benzene rings is 2. The molecule has 2 aromatic carbocycles. The van der Waals surface area contributed by atoms with Crippen molar-refractivity contribution < 1.29 is 9.29 Å². The number of hydrogen-bond donors (Lipinski definition) is 2. The summed E-state index contributed by atoms with van der Waals surface area (Å²) in [5.74, 6) is 0.596. The molecule has 2 aliphatic carbocycles. The molecule has 9 nitrogen and oxygen atoms in total. The van der Waals surface area contributed by atoms with Gasteiger partial charge in [-0.05, 0) is 88.8 Å². The molecule has 0 radical (unpaired) electrons. The number of piperidine rings is 1. The molecule has 8 rings (SSSR count). The zero-order valence-electron chi connectivity index (χ0n) is 27.1. The summed E-state index contributed by atoms with van der Waals surface area (Å²) >= 11 is -1.19. The van der Waals surface area contributed by atoms with E-state index < -0.39 is 11.4 Å². The van der Waals surface area contributed by atoms with Crippen LogP contribution in [0.1, 0.15) is 100 Å². The summed E-state index contributed by atoms with van der Waals surface area (Å²) in [5.41, 5.74) is 4.80. The van der Waals surface area contributed by atoms with Gasteiger partial charge in [-0.15, -0.1) is 4.72 Å². The number of rotatable bonds is 6. The van der Waals surface area contributed by atoms with Gasteiger partial charge in [0.15, 0.2) is 11.9 Å². The van der Waals surface area contributed by atoms with Gasteiger partial charge in [0, 0.05) is 41.9 Å². The Bertz CT molecular complexity index is 1800. The maximum Gasteiger partial charge on any atom is 0.263 e. The van der Waals surface area contributed by atoms with Crippen molar-refractivity contribution in [2.75, 3.05) is 24.6 Å². The van der Waals surface area contributed by atoms with Crippen molar-refractivity contribution in [3.63, 3.8) is 0 Å². The van der Waals surface area contributed by atoms with Crippen LogP contribution in [0.4, 0.5) is 5.95 Å². The van der Waals surface area contributed by atoms with Crippen LogP contribution in [0, 0.1) is 5.41 Å². The number of nitrogens with one attached hydrogen (secondary N) is 2. The number of hydrogen-bond acceptors (Lipinski definition) is 7. The van der Waals surface area contributed by atoms with Crippen molar-refractivity contribution >= 4 is 28.3 Å². The molecule has 4 heterocycles. The van der Waals surface area contributed by atoms with Crippen molar-refractivity contribution in [3.8, 4) is 0 Å². The summed E-state index contributed by atoms with van der Waals surface area (Å²) in [6, 6.07) is 19.1. The Labute approximate surface area is 273 Å². The van der Waals surface area contributed by atoms with E-state index in [-0.39, 0.29) is 33.4 Å². The average molecular weight is 641 g/mol. The maximum absolute atomic E-state index is 14.1. The molecule has 4 aromatic rings. The molecular weight excluding hydrogens is 597 g/mol. The predicted octanol–water partition coefficient (Wildman–Crippen LogP) is 5.83. The first-order valence-electron chi connectivity index (χ1n) is 16.9. The lowest BCUT2D eigenvalue weighted by atomic mass is 9.73. The average Bonchev–Trinajstić information content (AvgIpc) is 3.70. The summed E-state index contributed by atoms with van der Waals surface area (Å²) in [5, 5.41) is 5.75. The fourth-order valence-electron chi connectivity index (χ4n) is 8.07. The highest BCUT2D eigenvalue weighted by atomic mass is 32.2. The third-order valence-electron chi connectivity index (χ3n) is 10.9. The van der Waals surface area contributed by atoms with Crippen molar-refractivity contribution in [2.24, 2.45) is 5.41 Å². The highest BCUT2D eigenvalue weighted by Crippen LogP contribution is 2.55. The molecule has 2 aromatic heterocycles.